The molecule has 0 saturated carbocycles. The predicted octanol–water partition coefficient (Wildman–Crippen LogP) is 2.61. The van der Waals surface area contributed by atoms with Crippen LogP contribution in [0.4, 0.5) is 14.6 Å². The van der Waals surface area contributed by atoms with Gasteiger partial charge in [0.25, 0.3) is 0 Å². The first kappa shape index (κ1) is 21.9. The van der Waals surface area contributed by atoms with Crippen LogP contribution in [0.1, 0.15) is 35.7 Å². The fourth-order valence-corrected chi connectivity index (χ4v) is 2.62. The summed E-state index contributed by atoms with van der Waals surface area (Å²) in [6, 6.07) is 4.86. The van der Waals surface area contributed by atoms with E-state index in [1.807, 2.05) is 6.92 Å². The number of nitrogens with zero attached hydrogens (tertiary/aromatic N) is 1. The lowest BCUT2D eigenvalue weighted by Gasteiger charge is -2.17. The molecule has 2 aromatic rings. The first-order valence-corrected chi connectivity index (χ1v) is 8.92. The van der Waals surface area contributed by atoms with Gasteiger partial charge in [-0.1, -0.05) is 13.3 Å². The summed E-state index contributed by atoms with van der Waals surface area (Å²) in [5.74, 6) is -2.96. The van der Waals surface area contributed by atoms with Crippen molar-refractivity contribution in [2.75, 3.05) is 12.4 Å². The van der Waals surface area contributed by atoms with E-state index in [-0.39, 0.29) is 23.4 Å². The number of hydrogen-bond donors (Lipinski definition) is 2. The molecule has 1 unspecified atom stereocenters. The molecule has 9 heteroatoms. The summed E-state index contributed by atoms with van der Waals surface area (Å²) in [7, 11) is 1.24. The quantitative estimate of drug-likeness (QED) is 0.658. The SMILES string of the molecule is CCCC(NC(=O)Cc1cc(F)cc(F)c1)C(=O)Nc1ccc(C(=O)OC)cn1. The first-order chi connectivity index (χ1) is 13.8. The van der Waals surface area contributed by atoms with Crippen LogP contribution in [0.3, 0.4) is 0 Å². The highest BCUT2D eigenvalue weighted by atomic mass is 19.1. The summed E-state index contributed by atoms with van der Waals surface area (Å²) in [6.45, 7) is 1.85. The average Bonchev–Trinajstić information content (AvgIpc) is 2.66. The number of amides is 2. The van der Waals surface area contributed by atoms with Crippen molar-refractivity contribution < 1.29 is 27.9 Å². The fourth-order valence-electron chi connectivity index (χ4n) is 2.62. The minimum absolute atomic E-state index is 0.163. The van der Waals surface area contributed by atoms with E-state index in [1.54, 1.807) is 0 Å². The minimum atomic E-state index is -0.854. The number of esters is 1. The zero-order valence-electron chi connectivity index (χ0n) is 16.0. The van der Waals surface area contributed by atoms with Crippen LogP contribution in [0.2, 0.25) is 0 Å². The highest BCUT2D eigenvalue weighted by molar-refractivity contribution is 5.97. The Bertz CT molecular complexity index is 868. The number of rotatable bonds is 8. The van der Waals surface area contributed by atoms with E-state index in [9.17, 15) is 23.2 Å². The van der Waals surface area contributed by atoms with Crippen LogP contribution in [-0.2, 0) is 20.7 Å². The van der Waals surface area contributed by atoms with Crippen LogP contribution >= 0.6 is 0 Å². The smallest absolute Gasteiger partial charge is 0.339 e. The molecule has 0 fully saturated rings. The Morgan fingerprint density at radius 2 is 1.83 bits per heavy atom. The maximum Gasteiger partial charge on any atom is 0.339 e. The molecule has 0 spiro atoms. The van der Waals surface area contributed by atoms with Crippen molar-refractivity contribution in [3.63, 3.8) is 0 Å². The average molecular weight is 405 g/mol. The molecule has 2 rings (SSSR count). The van der Waals surface area contributed by atoms with E-state index < -0.39 is 35.5 Å². The van der Waals surface area contributed by atoms with Gasteiger partial charge in [0.2, 0.25) is 11.8 Å². The van der Waals surface area contributed by atoms with Crippen molar-refractivity contribution in [1.29, 1.82) is 0 Å². The van der Waals surface area contributed by atoms with Gasteiger partial charge in [0.05, 0.1) is 19.1 Å². The van der Waals surface area contributed by atoms with Crippen molar-refractivity contribution in [3.05, 3.63) is 59.3 Å². The molecule has 1 atom stereocenters. The highest BCUT2D eigenvalue weighted by Gasteiger charge is 2.21. The second-order valence-electron chi connectivity index (χ2n) is 6.28. The molecule has 2 amide bonds. The Kier molecular flexibility index (Phi) is 7.76. The molecule has 0 radical (unpaired) electrons. The van der Waals surface area contributed by atoms with Gasteiger partial charge in [0.1, 0.15) is 23.5 Å². The Morgan fingerprint density at radius 3 is 2.38 bits per heavy atom. The Balaban J connectivity index is 2.01. The molecular weight excluding hydrogens is 384 g/mol. The van der Waals surface area contributed by atoms with E-state index >= 15 is 0 Å². The number of carbonyl (C=O) groups is 3. The number of anilines is 1. The second-order valence-corrected chi connectivity index (χ2v) is 6.28. The maximum absolute atomic E-state index is 13.3. The summed E-state index contributed by atoms with van der Waals surface area (Å²) >= 11 is 0. The minimum Gasteiger partial charge on any atom is -0.465 e. The van der Waals surface area contributed by atoms with Gasteiger partial charge in [-0.15, -0.1) is 0 Å². The predicted molar refractivity (Wildman–Crippen MR) is 101 cm³/mol. The molecule has 0 bridgehead atoms. The molecule has 1 aromatic heterocycles. The molecule has 0 saturated heterocycles. The van der Waals surface area contributed by atoms with Gasteiger partial charge in [0.15, 0.2) is 0 Å². The van der Waals surface area contributed by atoms with Gasteiger partial charge in [-0.25, -0.2) is 18.6 Å². The molecule has 29 heavy (non-hydrogen) atoms. The molecule has 154 valence electrons. The number of methoxy groups -OCH3 is 1. The van der Waals surface area contributed by atoms with E-state index in [1.165, 1.54) is 25.4 Å². The van der Waals surface area contributed by atoms with Crippen LogP contribution in [-0.4, -0.2) is 35.9 Å². The number of ether oxygens (including phenoxy) is 1. The van der Waals surface area contributed by atoms with Crippen molar-refractivity contribution in [3.8, 4) is 0 Å². The standard InChI is InChI=1S/C20H21F2N3O4/c1-3-4-16(24-18(26)9-12-7-14(21)10-15(22)8-12)19(27)25-17-6-5-13(11-23-17)20(28)29-2/h5-8,10-11,16H,3-4,9H2,1-2H3,(H,24,26)(H,23,25,27). The molecule has 0 aliphatic rings. The fraction of sp³-hybridized carbons (Fsp3) is 0.300. The lowest BCUT2D eigenvalue weighted by atomic mass is 10.1. The van der Waals surface area contributed by atoms with E-state index in [4.69, 9.17) is 0 Å². The molecular formula is C20H21F2N3O4. The summed E-state index contributed by atoms with van der Waals surface area (Å²) in [5.41, 5.74) is 0.391. The Labute approximate surface area is 166 Å². The van der Waals surface area contributed by atoms with Crippen molar-refractivity contribution >= 4 is 23.6 Å². The Morgan fingerprint density at radius 1 is 1.14 bits per heavy atom. The number of hydrogen-bond acceptors (Lipinski definition) is 5. The van der Waals surface area contributed by atoms with Gasteiger partial charge in [-0.05, 0) is 36.2 Å². The van der Waals surface area contributed by atoms with Crippen LogP contribution in [0, 0.1) is 11.6 Å². The number of carbonyl (C=O) groups excluding carboxylic acids is 3. The zero-order chi connectivity index (χ0) is 21.4. The molecule has 1 aromatic carbocycles. The number of aromatic nitrogens is 1. The largest absolute Gasteiger partial charge is 0.465 e. The second kappa shape index (κ2) is 10.3. The van der Waals surface area contributed by atoms with Crippen molar-refractivity contribution in [2.45, 2.75) is 32.2 Å². The van der Waals surface area contributed by atoms with Crippen LogP contribution in [0.5, 0.6) is 0 Å². The van der Waals surface area contributed by atoms with Gasteiger partial charge < -0.3 is 15.4 Å². The summed E-state index contributed by atoms with van der Waals surface area (Å²) in [6.07, 6.45) is 1.96. The Hall–Kier alpha value is -3.36. The lowest BCUT2D eigenvalue weighted by Crippen LogP contribution is -2.44. The molecule has 2 N–H and O–H groups in total. The number of halogens is 2. The maximum atomic E-state index is 13.3. The normalized spacial score (nSPS) is 11.4. The zero-order valence-corrected chi connectivity index (χ0v) is 16.0. The summed E-state index contributed by atoms with van der Waals surface area (Å²) in [4.78, 5) is 40.1. The van der Waals surface area contributed by atoms with Crippen LogP contribution in [0.25, 0.3) is 0 Å². The molecule has 0 aliphatic carbocycles. The number of nitrogens with one attached hydrogen (secondary N) is 2. The summed E-state index contributed by atoms with van der Waals surface area (Å²) < 4.78 is 31.1. The van der Waals surface area contributed by atoms with E-state index in [2.05, 4.69) is 20.4 Å². The van der Waals surface area contributed by atoms with Gasteiger partial charge >= 0.3 is 5.97 Å². The highest BCUT2D eigenvalue weighted by Crippen LogP contribution is 2.10. The van der Waals surface area contributed by atoms with Crippen LogP contribution in [0.15, 0.2) is 36.5 Å². The number of pyridine rings is 1. The lowest BCUT2D eigenvalue weighted by molar-refractivity contribution is -0.126. The molecule has 0 aliphatic heterocycles. The van der Waals surface area contributed by atoms with E-state index in [0.717, 1.165) is 12.1 Å². The van der Waals surface area contributed by atoms with E-state index in [0.29, 0.717) is 18.9 Å². The van der Waals surface area contributed by atoms with Gasteiger partial charge in [0, 0.05) is 12.3 Å². The van der Waals surface area contributed by atoms with Crippen molar-refractivity contribution in [1.82, 2.24) is 10.3 Å². The molecule has 7 nitrogen and oxygen atoms in total. The van der Waals surface area contributed by atoms with Crippen molar-refractivity contribution in [2.24, 2.45) is 0 Å². The molecule has 1 heterocycles. The number of benzene rings is 1. The van der Waals surface area contributed by atoms with Gasteiger partial charge in [-0.3, -0.25) is 9.59 Å². The third-order valence-electron chi connectivity index (χ3n) is 3.95. The topological polar surface area (TPSA) is 97.4 Å². The van der Waals surface area contributed by atoms with Gasteiger partial charge in [-0.2, -0.15) is 0 Å². The third kappa shape index (κ3) is 6.63. The van der Waals surface area contributed by atoms with Crippen LogP contribution < -0.4 is 10.6 Å². The first-order valence-electron chi connectivity index (χ1n) is 8.92. The monoisotopic (exact) mass is 405 g/mol. The third-order valence-corrected chi connectivity index (χ3v) is 3.95. The summed E-state index contributed by atoms with van der Waals surface area (Å²) in [5, 5.41) is 5.13.